The van der Waals surface area contributed by atoms with Crippen LogP contribution in [0.3, 0.4) is 0 Å². The van der Waals surface area contributed by atoms with Gasteiger partial charge in [-0.05, 0) is 51.0 Å². The van der Waals surface area contributed by atoms with E-state index in [-0.39, 0.29) is 11.8 Å². The molecule has 5 heteroatoms. The maximum atomic E-state index is 13.4. The second kappa shape index (κ2) is 12.4. The van der Waals surface area contributed by atoms with Gasteiger partial charge in [-0.25, -0.2) is 0 Å². The third kappa shape index (κ3) is 7.13. The molecule has 1 N–H and O–H groups in total. The molecule has 0 saturated carbocycles. The molecule has 0 fully saturated rings. The van der Waals surface area contributed by atoms with Gasteiger partial charge in [0.05, 0.1) is 5.56 Å². The average Bonchev–Trinajstić information content (AvgIpc) is 2.98. The Kier molecular flexibility index (Phi) is 10.2. The van der Waals surface area contributed by atoms with E-state index in [4.69, 9.17) is 0 Å². The van der Waals surface area contributed by atoms with E-state index in [2.05, 4.69) is 5.32 Å². The second-order valence-corrected chi connectivity index (χ2v) is 9.77. The van der Waals surface area contributed by atoms with E-state index >= 15 is 0 Å². The van der Waals surface area contributed by atoms with Gasteiger partial charge in [0.25, 0.3) is 5.91 Å². The fraction of sp³-hybridized carbons (Fsp3) is 0.750. The molecule has 1 aromatic heterocycles. The lowest BCUT2D eigenvalue weighted by Gasteiger charge is -2.20. The molecule has 4 nitrogen and oxygen atoms in total. The number of carbonyl (C=O) groups excluding carboxylic acids is 2. The Labute approximate surface area is 181 Å². The van der Waals surface area contributed by atoms with Crippen LogP contribution in [0.1, 0.15) is 106 Å². The molecular weight excluding hydrogens is 380 g/mol. The summed E-state index contributed by atoms with van der Waals surface area (Å²) in [5.74, 6) is 0.405. The van der Waals surface area contributed by atoms with Gasteiger partial charge in [0.1, 0.15) is 5.00 Å². The largest absolute Gasteiger partial charge is 0.339 e. The molecule has 1 heterocycles. The van der Waals surface area contributed by atoms with E-state index in [9.17, 15) is 9.59 Å². The van der Waals surface area contributed by atoms with Crippen LogP contribution in [-0.2, 0) is 17.6 Å². The molecule has 0 saturated heterocycles. The van der Waals surface area contributed by atoms with Crippen LogP contribution in [-0.4, -0.2) is 29.8 Å². The highest BCUT2D eigenvalue weighted by Crippen LogP contribution is 2.37. The fourth-order valence-corrected chi connectivity index (χ4v) is 5.46. The summed E-state index contributed by atoms with van der Waals surface area (Å²) in [5, 5.41) is 3.90. The smallest absolute Gasteiger partial charge is 0.257 e. The predicted molar refractivity (Wildman–Crippen MR) is 124 cm³/mol. The van der Waals surface area contributed by atoms with E-state index in [1.165, 1.54) is 55.4 Å². The van der Waals surface area contributed by atoms with Gasteiger partial charge in [0, 0.05) is 24.4 Å². The van der Waals surface area contributed by atoms with E-state index in [1.807, 2.05) is 32.6 Å². The molecular formula is C24H40N2O2S. The number of carbonyl (C=O) groups is 2. The number of hydrogen-bond donors (Lipinski definition) is 1. The Morgan fingerprint density at radius 1 is 0.931 bits per heavy atom. The lowest BCUT2D eigenvalue weighted by atomic mass is 9.97. The molecule has 0 atom stereocenters. The van der Waals surface area contributed by atoms with Crippen molar-refractivity contribution in [3.8, 4) is 0 Å². The summed E-state index contributed by atoms with van der Waals surface area (Å²) in [6, 6.07) is 0. The third-order valence-electron chi connectivity index (χ3n) is 5.78. The van der Waals surface area contributed by atoms with Crippen LogP contribution < -0.4 is 5.32 Å². The molecule has 0 bridgehead atoms. The first kappa shape index (κ1) is 23.9. The van der Waals surface area contributed by atoms with E-state index in [0.717, 1.165) is 29.8 Å². The molecule has 1 aliphatic rings. The number of aryl methyl sites for hydroxylation is 1. The maximum absolute atomic E-state index is 13.4. The number of thiophene rings is 1. The van der Waals surface area contributed by atoms with Crippen molar-refractivity contribution in [2.45, 2.75) is 98.3 Å². The highest BCUT2D eigenvalue weighted by molar-refractivity contribution is 7.17. The van der Waals surface area contributed by atoms with Crippen molar-refractivity contribution in [2.75, 3.05) is 18.4 Å². The molecule has 0 radical (unpaired) electrons. The van der Waals surface area contributed by atoms with Crippen molar-refractivity contribution in [2.24, 2.45) is 5.92 Å². The average molecular weight is 421 g/mol. The van der Waals surface area contributed by atoms with Gasteiger partial charge in [-0.1, -0.05) is 52.4 Å². The minimum absolute atomic E-state index is 0.0193. The molecule has 0 unspecified atom stereocenters. The quantitative estimate of drug-likeness (QED) is 0.576. The highest BCUT2D eigenvalue weighted by atomic mass is 32.1. The van der Waals surface area contributed by atoms with Crippen LogP contribution in [0.2, 0.25) is 0 Å². The minimum Gasteiger partial charge on any atom is -0.339 e. The molecule has 0 aromatic carbocycles. The number of hydrogen-bond acceptors (Lipinski definition) is 3. The van der Waals surface area contributed by atoms with E-state index in [1.54, 1.807) is 11.3 Å². The van der Waals surface area contributed by atoms with E-state index in [0.29, 0.717) is 25.4 Å². The fourth-order valence-electron chi connectivity index (χ4n) is 4.16. The number of amides is 2. The van der Waals surface area contributed by atoms with Gasteiger partial charge < -0.3 is 10.2 Å². The first-order chi connectivity index (χ1) is 14.0. The van der Waals surface area contributed by atoms with Crippen molar-refractivity contribution < 1.29 is 9.59 Å². The summed E-state index contributed by atoms with van der Waals surface area (Å²) >= 11 is 1.66. The standard InChI is InChI=1S/C24H40N2O2S/c1-5-26(6-2)24(28)22-19-15-13-11-9-7-8-10-12-14-16-20(19)29-23(22)25-21(27)17-18(3)4/h18H,5-17H2,1-4H3,(H,25,27). The summed E-state index contributed by atoms with van der Waals surface area (Å²) in [7, 11) is 0. The Hall–Kier alpha value is -1.36. The monoisotopic (exact) mass is 420 g/mol. The van der Waals surface area contributed by atoms with Crippen molar-refractivity contribution >= 4 is 28.2 Å². The minimum atomic E-state index is 0.0193. The summed E-state index contributed by atoms with van der Waals surface area (Å²) < 4.78 is 0. The first-order valence-corrected chi connectivity index (χ1v) is 12.5. The summed E-state index contributed by atoms with van der Waals surface area (Å²) in [6.45, 7) is 9.54. The number of nitrogens with one attached hydrogen (secondary N) is 1. The third-order valence-corrected chi connectivity index (χ3v) is 6.99. The zero-order chi connectivity index (χ0) is 21.2. The molecule has 2 amide bonds. The van der Waals surface area contributed by atoms with Gasteiger partial charge in [0.15, 0.2) is 0 Å². The number of fused-ring (bicyclic) bond motifs is 1. The van der Waals surface area contributed by atoms with Gasteiger partial charge in [-0.2, -0.15) is 0 Å². The van der Waals surface area contributed by atoms with Crippen LogP contribution in [0.25, 0.3) is 0 Å². The van der Waals surface area contributed by atoms with Gasteiger partial charge in [-0.15, -0.1) is 11.3 Å². The van der Waals surface area contributed by atoms with Gasteiger partial charge >= 0.3 is 0 Å². The molecule has 29 heavy (non-hydrogen) atoms. The van der Waals surface area contributed by atoms with Crippen molar-refractivity contribution in [1.29, 1.82) is 0 Å². The number of anilines is 1. The summed E-state index contributed by atoms with van der Waals surface area (Å²) in [6.07, 6.45) is 12.5. The Morgan fingerprint density at radius 3 is 2.03 bits per heavy atom. The summed E-state index contributed by atoms with van der Waals surface area (Å²) in [4.78, 5) is 29.2. The zero-order valence-corrected chi connectivity index (χ0v) is 19.8. The molecule has 0 spiro atoms. The highest BCUT2D eigenvalue weighted by Gasteiger charge is 2.27. The Bertz CT molecular complexity index is 662. The molecule has 2 rings (SSSR count). The maximum Gasteiger partial charge on any atom is 0.257 e. The van der Waals surface area contributed by atoms with Gasteiger partial charge in [0.2, 0.25) is 5.91 Å². The first-order valence-electron chi connectivity index (χ1n) is 11.7. The topological polar surface area (TPSA) is 49.4 Å². The Balaban J connectivity index is 2.40. The van der Waals surface area contributed by atoms with Crippen molar-refractivity contribution in [3.63, 3.8) is 0 Å². The summed E-state index contributed by atoms with van der Waals surface area (Å²) in [5.41, 5.74) is 2.00. The SMILES string of the molecule is CCN(CC)C(=O)c1c(NC(=O)CC(C)C)sc2c1CCCCCCCCCC2. The normalized spacial score (nSPS) is 15.9. The van der Waals surface area contributed by atoms with Crippen LogP contribution in [0.4, 0.5) is 5.00 Å². The Morgan fingerprint density at radius 2 is 1.48 bits per heavy atom. The zero-order valence-electron chi connectivity index (χ0n) is 18.9. The molecule has 0 aliphatic heterocycles. The van der Waals surface area contributed by atoms with Crippen LogP contribution in [0.15, 0.2) is 0 Å². The number of rotatable bonds is 6. The van der Waals surface area contributed by atoms with Gasteiger partial charge in [-0.3, -0.25) is 9.59 Å². The van der Waals surface area contributed by atoms with Crippen LogP contribution in [0.5, 0.6) is 0 Å². The predicted octanol–water partition coefficient (Wildman–Crippen LogP) is 6.43. The second-order valence-electron chi connectivity index (χ2n) is 8.66. The lowest BCUT2D eigenvalue weighted by Crippen LogP contribution is -2.31. The molecule has 1 aliphatic carbocycles. The van der Waals surface area contributed by atoms with Crippen LogP contribution >= 0.6 is 11.3 Å². The van der Waals surface area contributed by atoms with Crippen LogP contribution in [0, 0.1) is 5.92 Å². The lowest BCUT2D eigenvalue weighted by molar-refractivity contribution is -0.116. The molecule has 164 valence electrons. The molecule has 1 aromatic rings. The van der Waals surface area contributed by atoms with E-state index < -0.39 is 0 Å². The van der Waals surface area contributed by atoms with Crippen molar-refractivity contribution in [1.82, 2.24) is 4.90 Å². The number of nitrogens with zero attached hydrogens (tertiary/aromatic N) is 1. The van der Waals surface area contributed by atoms with Crippen molar-refractivity contribution in [3.05, 3.63) is 16.0 Å².